The van der Waals surface area contributed by atoms with Gasteiger partial charge in [0.2, 0.25) is 16.0 Å². The maximum Gasteiger partial charge on any atom is 0.273 e. The molecule has 2 aliphatic rings. The number of carbonyl (C=O) groups excluding carboxylic acids is 1. The zero-order chi connectivity index (χ0) is 24.7. The van der Waals surface area contributed by atoms with Crippen LogP contribution in [-0.2, 0) is 23.1 Å². The van der Waals surface area contributed by atoms with E-state index in [1.54, 1.807) is 4.90 Å². The topological polar surface area (TPSA) is 112 Å². The Morgan fingerprint density at radius 3 is 2.54 bits per heavy atom. The van der Waals surface area contributed by atoms with Gasteiger partial charge < -0.3 is 15.1 Å². The van der Waals surface area contributed by atoms with Gasteiger partial charge in [-0.05, 0) is 31.5 Å². The number of nitrogens with zero attached hydrogens (tertiary/aromatic N) is 6. The Labute approximate surface area is 205 Å². The van der Waals surface area contributed by atoms with Crippen molar-refractivity contribution in [3.05, 3.63) is 53.3 Å². The molecule has 3 aromatic rings. The monoisotopic (exact) mass is 495 g/mol. The Hall–Kier alpha value is -3.31. The first-order chi connectivity index (χ1) is 16.7. The molecule has 11 heteroatoms. The summed E-state index contributed by atoms with van der Waals surface area (Å²) in [7, 11) is -3.24. The van der Waals surface area contributed by atoms with Gasteiger partial charge in [0.25, 0.3) is 5.91 Å². The summed E-state index contributed by atoms with van der Waals surface area (Å²) in [5.74, 6) is 0.957. The molecule has 0 spiro atoms. The van der Waals surface area contributed by atoms with Crippen LogP contribution < -0.4 is 10.2 Å². The minimum atomic E-state index is -3.24. The van der Waals surface area contributed by atoms with E-state index in [4.69, 9.17) is 4.98 Å². The van der Waals surface area contributed by atoms with E-state index in [9.17, 15) is 13.2 Å². The number of nitrogens with one attached hydrogen (secondary N) is 1. The number of carbonyl (C=O) groups is 1. The molecule has 0 aliphatic carbocycles. The van der Waals surface area contributed by atoms with Gasteiger partial charge in [-0.15, -0.1) is 0 Å². The summed E-state index contributed by atoms with van der Waals surface area (Å²) in [5.41, 5.74) is 3.14. The summed E-state index contributed by atoms with van der Waals surface area (Å²) >= 11 is 0. The molecule has 0 saturated carbocycles. The molecular weight excluding hydrogens is 466 g/mol. The van der Waals surface area contributed by atoms with E-state index in [0.717, 1.165) is 22.0 Å². The number of hydrogen-bond acceptors (Lipinski definition) is 8. The van der Waals surface area contributed by atoms with Gasteiger partial charge >= 0.3 is 0 Å². The standard InChI is InChI=1S/C24H29N7O3S/c1-16(2)31-15-19-21(23(31)32)27-24(29-8-10-30(11-9-29)35(3,33)34)28-22(19)26-14-17-12-18-6-4-5-7-20(18)25-13-17/h4-7,12-13,16H,8-11,14-15H2,1-3H3,(H,26,27,28). The lowest BCUT2D eigenvalue weighted by molar-refractivity contribution is 0.0726. The average Bonchev–Trinajstić information content (AvgIpc) is 3.19. The van der Waals surface area contributed by atoms with Crippen molar-refractivity contribution in [3.63, 3.8) is 0 Å². The summed E-state index contributed by atoms with van der Waals surface area (Å²) in [6.07, 6.45) is 3.06. The first kappa shape index (κ1) is 23.4. The number of amides is 1. The smallest absolute Gasteiger partial charge is 0.273 e. The molecule has 1 aromatic carbocycles. The van der Waals surface area contributed by atoms with Crippen molar-refractivity contribution in [1.82, 2.24) is 24.2 Å². The maximum atomic E-state index is 13.1. The largest absolute Gasteiger partial charge is 0.365 e. The van der Waals surface area contributed by atoms with Crippen LogP contribution >= 0.6 is 0 Å². The van der Waals surface area contributed by atoms with Gasteiger partial charge in [0.1, 0.15) is 11.5 Å². The Kier molecular flexibility index (Phi) is 6.06. The SMILES string of the molecule is CC(C)N1Cc2c(NCc3cnc4ccccc4c3)nc(N3CCN(S(C)(=O)=O)CC3)nc2C1=O. The molecule has 0 radical (unpaired) electrons. The Morgan fingerprint density at radius 1 is 1.09 bits per heavy atom. The maximum absolute atomic E-state index is 13.1. The van der Waals surface area contributed by atoms with E-state index in [1.807, 2.05) is 49.2 Å². The third kappa shape index (κ3) is 4.65. The van der Waals surface area contributed by atoms with Crippen molar-refractivity contribution in [2.45, 2.75) is 33.0 Å². The molecule has 35 heavy (non-hydrogen) atoms. The van der Waals surface area contributed by atoms with Crippen molar-refractivity contribution in [1.29, 1.82) is 0 Å². The number of para-hydroxylation sites is 1. The number of hydrogen-bond donors (Lipinski definition) is 1. The molecule has 2 aromatic heterocycles. The first-order valence-electron chi connectivity index (χ1n) is 11.7. The second-order valence-corrected chi connectivity index (χ2v) is 11.2. The van der Waals surface area contributed by atoms with Crippen LogP contribution in [0.15, 0.2) is 36.5 Å². The number of piperazine rings is 1. The normalized spacial score (nSPS) is 16.9. The lowest BCUT2D eigenvalue weighted by Crippen LogP contribution is -2.49. The van der Waals surface area contributed by atoms with Crippen LogP contribution in [0.4, 0.5) is 11.8 Å². The molecule has 2 aliphatic heterocycles. The third-order valence-electron chi connectivity index (χ3n) is 6.51. The Bertz CT molecular complexity index is 1390. The molecule has 0 unspecified atom stereocenters. The van der Waals surface area contributed by atoms with Crippen molar-refractivity contribution >= 4 is 38.6 Å². The van der Waals surface area contributed by atoms with Gasteiger partial charge in [0.05, 0.1) is 18.3 Å². The zero-order valence-electron chi connectivity index (χ0n) is 20.1. The van der Waals surface area contributed by atoms with Gasteiger partial charge in [-0.1, -0.05) is 18.2 Å². The quantitative estimate of drug-likeness (QED) is 0.553. The van der Waals surface area contributed by atoms with Crippen LogP contribution in [0.3, 0.4) is 0 Å². The average molecular weight is 496 g/mol. The summed E-state index contributed by atoms with van der Waals surface area (Å²) in [6, 6.07) is 10.1. The molecular formula is C24H29N7O3S. The fourth-order valence-electron chi connectivity index (χ4n) is 4.50. The molecule has 1 saturated heterocycles. The molecule has 184 valence electrons. The van der Waals surface area contributed by atoms with E-state index in [1.165, 1.54) is 10.6 Å². The van der Waals surface area contributed by atoms with Crippen LogP contribution in [0.5, 0.6) is 0 Å². The van der Waals surface area contributed by atoms with Gasteiger partial charge in [0, 0.05) is 55.9 Å². The van der Waals surface area contributed by atoms with Crippen LogP contribution in [-0.4, -0.2) is 77.0 Å². The molecule has 0 atom stereocenters. The third-order valence-corrected chi connectivity index (χ3v) is 7.81. The number of anilines is 2. The molecule has 1 amide bonds. The lowest BCUT2D eigenvalue weighted by atomic mass is 10.1. The minimum absolute atomic E-state index is 0.0380. The second-order valence-electron chi connectivity index (χ2n) is 9.27. The molecule has 0 bridgehead atoms. The number of rotatable bonds is 6. The van der Waals surface area contributed by atoms with E-state index >= 15 is 0 Å². The Balaban J connectivity index is 1.43. The highest BCUT2D eigenvalue weighted by molar-refractivity contribution is 7.88. The summed E-state index contributed by atoms with van der Waals surface area (Å²) < 4.78 is 25.2. The zero-order valence-corrected chi connectivity index (χ0v) is 20.9. The first-order valence-corrected chi connectivity index (χ1v) is 13.5. The highest BCUT2D eigenvalue weighted by atomic mass is 32.2. The fourth-order valence-corrected chi connectivity index (χ4v) is 5.33. The highest BCUT2D eigenvalue weighted by Gasteiger charge is 2.35. The second kappa shape index (κ2) is 9.04. The summed E-state index contributed by atoms with van der Waals surface area (Å²) in [5, 5.41) is 4.48. The van der Waals surface area contributed by atoms with Gasteiger partial charge in [-0.3, -0.25) is 9.78 Å². The summed E-state index contributed by atoms with van der Waals surface area (Å²) in [4.78, 5) is 30.8. The number of sulfonamides is 1. The van der Waals surface area contributed by atoms with Crippen LogP contribution in [0.1, 0.15) is 35.5 Å². The fraction of sp³-hybridized carbons (Fsp3) is 0.417. The predicted octanol–water partition coefficient (Wildman–Crippen LogP) is 2.08. The van der Waals surface area contributed by atoms with E-state index in [2.05, 4.69) is 21.4 Å². The van der Waals surface area contributed by atoms with Gasteiger partial charge in [0.15, 0.2) is 0 Å². The van der Waals surface area contributed by atoms with Crippen molar-refractivity contribution < 1.29 is 13.2 Å². The molecule has 5 rings (SSSR count). The van der Waals surface area contributed by atoms with E-state index in [0.29, 0.717) is 56.7 Å². The molecule has 4 heterocycles. The molecule has 1 fully saturated rings. The lowest BCUT2D eigenvalue weighted by Gasteiger charge is -2.33. The Morgan fingerprint density at radius 2 is 1.83 bits per heavy atom. The van der Waals surface area contributed by atoms with Crippen LogP contribution in [0, 0.1) is 0 Å². The predicted molar refractivity (Wildman–Crippen MR) is 135 cm³/mol. The van der Waals surface area contributed by atoms with Gasteiger partial charge in [-0.25, -0.2) is 13.4 Å². The minimum Gasteiger partial charge on any atom is -0.365 e. The number of fused-ring (bicyclic) bond motifs is 2. The molecule has 10 nitrogen and oxygen atoms in total. The molecule has 1 N–H and O–H groups in total. The van der Waals surface area contributed by atoms with Crippen molar-refractivity contribution in [2.24, 2.45) is 0 Å². The van der Waals surface area contributed by atoms with Crippen molar-refractivity contribution in [3.8, 4) is 0 Å². The van der Waals surface area contributed by atoms with Crippen LogP contribution in [0.2, 0.25) is 0 Å². The van der Waals surface area contributed by atoms with Crippen molar-refractivity contribution in [2.75, 3.05) is 42.7 Å². The van der Waals surface area contributed by atoms with E-state index in [-0.39, 0.29) is 11.9 Å². The number of benzene rings is 1. The summed E-state index contributed by atoms with van der Waals surface area (Å²) in [6.45, 7) is 6.55. The number of aromatic nitrogens is 3. The highest BCUT2D eigenvalue weighted by Crippen LogP contribution is 2.31. The van der Waals surface area contributed by atoms with Gasteiger partial charge in [-0.2, -0.15) is 9.29 Å². The van der Waals surface area contributed by atoms with Crippen LogP contribution in [0.25, 0.3) is 10.9 Å². The van der Waals surface area contributed by atoms with E-state index < -0.39 is 10.0 Å². The number of pyridine rings is 1.